The summed E-state index contributed by atoms with van der Waals surface area (Å²) in [5, 5.41) is 9.38. The third-order valence-corrected chi connectivity index (χ3v) is 5.55. The summed E-state index contributed by atoms with van der Waals surface area (Å²) in [7, 11) is -1.15. The van der Waals surface area contributed by atoms with Gasteiger partial charge >= 0.3 is 5.97 Å². The highest BCUT2D eigenvalue weighted by Crippen LogP contribution is 2.22. The highest BCUT2D eigenvalue weighted by Gasteiger charge is 2.32. The zero-order valence-corrected chi connectivity index (χ0v) is 12.2. The molecule has 1 saturated heterocycles. The van der Waals surface area contributed by atoms with Gasteiger partial charge in [-0.05, 0) is 19.0 Å². The van der Waals surface area contributed by atoms with Crippen LogP contribution in [0.5, 0.6) is 0 Å². The van der Waals surface area contributed by atoms with Crippen LogP contribution in [0.2, 0.25) is 0 Å². The minimum Gasteiger partial charge on any atom is -0.481 e. The summed E-state index contributed by atoms with van der Waals surface area (Å²) in [6, 6.07) is 8.97. The first kappa shape index (κ1) is 15.0. The van der Waals surface area contributed by atoms with Crippen molar-refractivity contribution in [2.45, 2.75) is 18.4 Å². The van der Waals surface area contributed by atoms with Gasteiger partial charge in [-0.3, -0.25) is 4.79 Å². The normalized spacial score (nSPS) is 22.8. The number of benzene rings is 1. The second-order valence-electron chi connectivity index (χ2n) is 5.30. The monoisotopic (exact) mass is 297 g/mol. The lowest BCUT2D eigenvalue weighted by atomic mass is 9.98. The van der Waals surface area contributed by atoms with Gasteiger partial charge in [-0.2, -0.15) is 0 Å². The molecule has 0 bridgehead atoms. The molecule has 110 valence electrons. The molecule has 1 aliphatic rings. The Morgan fingerprint density at radius 3 is 2.55 bits per heavy atom. The van der Waals surface area contributed by atoms with Crippen LogP contribution in [0.3, 0.4) is 0 Å². The Kier molecular flexibility index (Phi) is 4.45. The van der Waals surface area contributed by atoms with E-state index in [1.807, 2.05) is 23.1 Å². The van der Waals surface area contributed by atoms with Crippen LogP contribution in [0.25, 0.3) is 0 Å². The van der Waals surface area contributed by atoms with Crippen molar-refractivity contribution in [2.24, 2.45) is 0 Å². The molecule has 0 aliphatic carbocycles. The molecule has 0 spiro atoms. The number of carboxylic acids is 1. The summed E-state index contributed by atoms with van der Waals surface area (Å²) in [6.07, 6.45) is 0.583. The summed E-state index contributed by atoms with van der Waals surface area (Å²) in [5.41, 5.74) is 0.743. The van der Waals surface area contributed by atoms with Gasteiger partial charge in [0.2, 0.25) is 0 Å². The molecule has 6 heteroatoms. The number of carboxylic acid groups (broad SMARTS) is 1. The van der Waals surface area contributed by atoms with Gasteiger partial charge < -0.3 is 10.0 Å². The maximum absolute atomic E-state index is 11.5. The Morgan fingerprint density at radius 1 is 1.40 bits per heavy atom. The molecule has 0 aromatic heterocycles. The molecule has 1 aromatic carbocycles. The molecule has 0 saturated carbocycles. The molecule has 1 aliphatic heterocycles. The SMILES string of the molecule is CN(CC(C(=O)O)c1ccccc1)C1CCS(=O)(=O)C1. The molecule has 5 nitrogen and oxygen atoms in total. The van der Waals surface area contributed by atoms with Crippen LogP contribution < -0.4 is 0 Å². The molecule has 1 fully saturated rings. The maximum atomic E-state index is 11.5. The van der Waals surface area contributed by atoms with Crippen molar-refractivity contribution >= 4 is 15.8 Å². The first-order valence-corrected chi connectivity index (χ1v) is 8.39. The number of carbonyl (C=O) groups is 1. The van der Waals surface area contributed by atoms with Gasteiger partial charge in [-0.25, -0.2) is 8.42 Å². The van der Waals surface area contributed by atoms with E-state index in [2.05, 4.69) is 0 Å². The standard InChI is InChI=1S/C14H19NO4S/c1-15(12-7-8-20(18,19)10-12)9-13(14(16)17)11-5-3-2-4-6-11/h2-6,12-13H,7-10H2,1H3,(H,16,17). The molecule has 1 aromatic rings. The van der Waals surface area contributed by atoms with Crippen molar-refractivity contribution in [3.05, 3.63) is 35.9 Å². The molecular formula is C14H19NO4S. The minimum absolute atomic E-state index is 0.0782. The van der Waals surface area contributed by atoms with Crippen molar-refractivity contribution in [3.8, 4) is 0 Å². The van der Waals surface area contributed by atoms with Crippen molar-refractivity contribution < 1.29 is 18.3 Å². The zero-order valence-electron chi connectivity index (χ0n) is 11.4. The van der Waals surface area contributed by atoms with Crippen LogP contribution in [-0.2, 0) is 14.6 Å². The predicted octanol–water partition coefficient (Wildman–Crippen LogP) is 0.974. The van der Waals surface area contributed by atoms with Gasteiger partial charge in [0, 0.05) is 12.6 Å². The highest BCUT2D eigenvalue weighted by molar-refractivity contribution is 7.91. The number of likely N-dealkylation sites (N-methyl/N-ethyl adjacent to an activating group) is 1. The van der Waals surface area contributed by atoms with E-state index in [1.54, 1.807) is 19.2 Å². The third kappa shape index (κ3) is 3.58. The molecule has 2 unspecified atom stereocenters. The van der Waals surface area contributed by atoms with Crippen molar-refractivity contribution in [3.63, 3.8) is 0 Å². The van der Waals surface area contributed by atoms with Crippen LogP contribution in [0.15, 0.2) is 30.3 Å². The fourth-order valence-electron chi connectivity index (χ4n) is 2.57. The number of sulfone groups is 1. The molecular weight excluding hydrogens is 278 g/mol. The second kappa shape index (κ2) is 5.93. The fraction of sp³-hybridized carbons (Fsp3) is 0.500. The lowest BCUT2D eigenvalue weighted by Gasteiger charge is -2.26. The molecule has 0 amide bonds. The van der Waals surface area contributed by atoms with Gasteiger partial charge in [0.15, 0.2) is 9.84 Å². The summed E-state index contributed by atoms with van der Waals surface area (Å²) in [4.78, 5) is 13.3. The lowest BCUT2D eigenvalue weighted by molar-refractivity contribution is -0.139. The molecule has 1 heterocycles. The minimum atomic E-state index is -2.95. The largest absolute Gasteiger partial charge is 0.481 e. The summed E-state index contributed by atoms with van der Waals surface area (Å²) >= 11 is 0. The highest BCUT2D eigenvalue weighted by atomic mass is 32.2. The van der Waals surface area contributed by atoms with Crippen LogP contribution in [0.4, 0.5) is 0 Å². The van der Waals surface area contributed by atoms with E-state index in [4.69, 9.17) is 0 Å². The zero-order chi connectivity index (χ0) is 14.8. The van der Waals surface area contributed by atoms with Gasteiger partial charge in [0.25, 0.3) is 0 Å². The van der Waals surface area contributed by atoms with Crippen LogP contribution >= 0.6 is 0 Å². The van der Waals surface area contributed by atoms with Crippen LogP contribution in [-0.4, -0.2) is 55.5 Å². The van der Waals surface area contributed by atoms with Crippen molar-refractivity contribution in [2.75, 3.05) is 25.1 Å². The van der Waals surface area contributed by atoms with Gasteiger partial charge in [0.05, 0.1) is 17.4 Å². The van der Waals surface area contributed by atoms with E-state index < -0.39 is 21.7 Å². The van der Waals surface area contributed by atoms with E-state index in [1.165, 1.54) is 0 Å². The molecule has 20 heavy (non-hydrogen) atoms. The Balaban J connectivity index is 2.08. The summed E-state index contributed by atoms with van der Waals surface area (Å²) in [6.45, 7) is 0.319. The molecule has 2 rings (SSSR count). The smallest absolute Gasteiger partial charge is 0.312 e. The Bertz CT molecular complexity index is 570. The number of aliphatic carboxylic acids is 1. The van der Waals surface area contributed by atoms with E-state index in [-0.39, 0.29) is 17.5 Å². The average molecular weight is 297 g/mol. The van der Waals surface area contributed by atoms with Gasteiger partial charge in [0.1, 0.15) is 0 Å². The number of rotatable bonds is 5. The lowest BCUT2D eigenvalue weighted by Crippen LogP contribution is -2.37. The second-order valence-corrected chi connectivity index (χ2v) is 7.53. The number of hydrogen-bond acceptors (Lipinski definition) is 4. The van der Waals surface area contributed by atoms with Gasteiger partial charge in [-0.1, -0.05) is 30.3 Å². The third-order valence-electron chi connectivity index (χ3n) is 3.80. The van der Waals surface area contributed by atoms with E-state index in [0.29, 0.717) is 13.0 Å². The van der Waals surface area contributed by atoms with Crippen LogP contribution in [0, 0.1) is 0 Å². The Hall–Kier alpha value is -1.40. The van der Waals surface area contributed by atoms with E-state index in [9.17, 15) is 18.3 Å². The molecule has 2 atom stereocenters. The average Bonchev–Trinajstić information content (AvgIpc) is 2.77. The topological polar surface area (TPSA) is 74.7 Å². The fourth-order valence-corrected chi connectivity index (χ4v) is 4.38. The number of nitrogens with zero attached hydrogens (tertiary/aromatic N) is 1. The maximum Gasteiger partial charge on any atom is 0.312 e. The van der Waals surface area contributed by atoms with E-state index in [0.717, 1.165) is 5.56 Å². The Morgan fingerprint density at radius 2 is 2.05 bits per heavy atom. The van der Waals surface area contributed by atoms with Gasteiger partial charge in [-0.15, -0.1) is 0 Å². The molecule has 1 N–H and O–H groups in total. The predicted molar refractivity (Wildman–Crippen MR) is 76.5 cm³/mol. The van der Waals surface area contributed by atoms with Crippen LogP contribution in [0.1, 0.15) is 17.9 Å². The Labute approximate surface area is 119 Å². The molecule has 0 radical (unpaired) electrons. The number of hydrogen-bond donors (Lipinski definition) is 1. The van der Waals surface area contributed by atoms with Crippen molar-refractivity contribution in [1.82, 2.24) is 4.90 Å². The van der Waals surface area contributed by atoms with Crippen molar-refractivity contribution in [1.29, 1.82) is 0 Å². The first-order chi connectivity index (χ1) is 9.39. The first-order valence-electron chi connectivity index (χ1n) is 6.57. The quantitative estimate of drug-likeness (QED) is 0.876. The van der Waals surface area contributed by atoms with E-state index >= 15 is 0 Å². The summed E-state index contributed by atoms with van der Waals surface area (Å²) < 4.78 is 23.0. The summed E-state index contributed by atoms with van der Waals surface area (Å²) in [5.74, 6) is -1.19.